The average Bonchev–Trinajstić information content (AvgIpc) is 2.98. The van der Waals surface area contributed by atoms with Crippen LogP contribution in [0.5, 0.6) is 0 Å². The van der Waals surface area contributed by atoms with Gasteiger partial charge in [0.25, 0.3) is 17.4 Å². The molecule has 1 unspecified atom stereocenters. The number of amides is 2. The van der Waals surface area contributed by atoms with Crippen LogP contribution < -0.4 is 16.4 Å². The van der Waals surface area contributed by atoms with Crippen molar-refractivity contribution in [1.29, 1.82) is 0 Å². The first-order valence-corrected chi connectivity index (χ1v) is 10.9. The third-order valence-electron chi connectivity index (χ3n) is 4.62. The lowest BCUT2D eigenvalue weighted by Gasteiger charge is -2.13. The number of hydrazine groups is 1. The third kappa shape index (κ3) is 4.68. The predicted molar refractivity (Wildman–Crippen MR) is 117 cm³/mol. The van der Waals surface area contributed by atoms with E-state index in [0.717, 1.165) is 16.0 Å². The zero-order valence-electron chi connectivity index (χ0n) is 16.6. The number of aromatic nitrogens is 2. The number of aryl methyl sites for hydroxylation is 3. The summed E-state index contributed by atoms with van der Waals surface area (Å²) >= 11 is 2.82. The molecule has 0 aliphatic carbocycles. The van der Waals surface area contributed by atoms with Crippen LogP contribution in [0.2, 0.25) is 0 Å². The van der Waals surface area contributed by atoms with Crippen molar-refractivity contribution in [2.75, 3.05) is 0 Å². The number of rotatable bonds is 5. The summed E-state index contributed by atoms with van der Waals surface area (Å²) < 4.78 is 0. The number of hydrogen-bond acceptors (Lipinski definition) is 6. The van der Waals surface area contributed by atoms with Crippen molar-refractivity contribution in [3.8, 4) is 0 Å². The van der Waals surface area contributed by atoms with Gasteiger partial charge in [-0.25, -0.2) is 4.98 Å². The fourth-order valence-corrected chi connectivity index (χ4v) is 4.57. The number of hydrogen-bond donors (Lipinski definition) is 3. The molecule has 0 radical (unpaired) electrons. The van der Waals surface area contributed by atoms with Gasteiger partial charge in [-0.2, -0.15) is 0 Å². The van der Waals surface area contributed by atoms with E-state index in [0.29, 0.717) is 27.4 Å². The van der Waals surface area contributed by atoms with Crippen molar-refractivity contribution in [3.05, 3.63) is 62.0 Å². The predicted octanol–water partition coefficient (Wildman–Crippen LogP) is 2.99. The number of nitrogens with zero attached hydrogens (tertiary/aromatic N) is 1. The summed E-state index contributed by atoms with van der Waals surface area (Å²) in [7, 11) is 0. The minimum absolute atomic E-state index is 0.157. The highest BCUT2D eigenvalue weighted by atomic mass is 32.2. The Hall–Kier alpha value is -2.65. The summed E-state index contributed by atoms with van der Waals surface area (Å²) in [5, 5.41) is 0.186. The SMILES string of the molecule is Cc1ccccc1C(=O)NNC(=O)C(C)SCc1nc2sc(C)c(C)c2c(=O)[nH]1. The second-order valence-corrected chi connectivity index (χ2v) is 9.22. The summed E-state index contributed by atoms with van der Waals surface area (Å²) in [6, 6.07) is 7.14. The van der Waals surface area contributed by atoms with Gasteiger partial charge in [-0.3, -0.25) is 25.2 Å². The smallest absolute Gasteiger partial charge is 0.269 e. The highest BCUT2D eigenvalue weighted by molar-refractivity contribution is 7.99. The standard InChI is InChI=1S/C20H22N4O3S2/c1-10-7-5-6-8-14(10)18(26)24-23-17(25)13(4)28-9-15-21-19(27)16-11(2)12(3)29-20(16)22-15/h5-8,13H,9H2,1-4H3,(H,23,25)(H,24,26)(H,21,22,27). The lowest BCUT2D eigenvalue weighted by atomic mass is 10.1. The molecule has 3 N–H and O–H groups in total. The van der Waals surface area contributed by atoms with Crippen LogP contribution in [0, 0.1) is 20.8 Å². The molecule has 1 aromatic carbocycles. The van der Waals surface area contributed by atoms with E-state index in [4.69, 9.17) is 0 Å². The number of nitrogens with one attached hydrogen (secondary N) is 3. The number of carbonyl (C=O) groups excluding carboxylic acids is 2. The molecule has 0 bridgehead atoms. The van der Waals surface area contributed by atoms with E-state index >= 15 is 0 Å². The van der Waals surface area contributed by atoms with E-state index in [2.05, 4.69) is 20.8 Å². The molecule has 2 heterocycles. The molecule has 3 aromatic rings. The van der Waals surface area contributed by atoms with Crippen LogP contribution in [-0.4, -0.2) is 27.0 Å². The van der Waals surface area contributed by atoms with Gasteiger partial charge in [0.05, 0.1) is 16.4 Å². The Kier molecular flexibility index (Phi) is 6.39. The molecule has 3 rings (SSSR count). The second-order valence-electron chi connectivity index (χ2n) is 6.69. The highest BCUT2D eigenvalue weighted by Crippen LogP contribution is 2.26. The average molecular weight is 431 g/mol. The Balaban J connectivity index is 1.58. The van der Waals surface area contributed by atoms with E-state index in [1.54, 1.807) is 19.1 Å². The van der Waals surface area contributed by atoms with E-state index in [1.165, 1.54) is 23.1 Å². The lowest BCUT2D eigenvalue weighted by molar-refractivity contribution is -0.121. The molecule has 9 heteroatoms. The molecule has 152 valence electrons. The van der Waals surface area contributed by atoms with Crippen LogP contribution in [0.15, 0.2) is 29.1 Å². The minimum Gasteiger partial charge on any atom is -0.309 e. The number of benzene rings is 1. The molecule has 0 aliphatic rings. The summed E-state index contributed by atoms with van der Waals surface area (Å²) in [6.45, 7) is 7.44. The molecule has 1 atom stereocenters. The molecule has 0 spiro atoms. The molecule has 7 nitrogen and oxygen atoms in total. The number of fused-ring (bicyclic) bond motifs is 1. The molecule has 0 saturated carbocycles. The Labute approximate surface area is 176 Å². The van der Waals surface area contributed by atoms with Gasteiger partial charge in [0.2, 0.25) is 0 Å². The van der Waals surface area contributed by atoms with Crippen LogP contribution in [0.3, 0.4) is 0 Å². The molecular formula is C20H22N4O3S2. The first-order valence-electron chi connectivity index (χ1n) is 9.04. The maximum atomic E-state index is 12.3. The Bertz CT molecular complexity index is 1140. The van der Waals surface area contributed by atoms with E-state index in [9.17, 15) is 14.4 Å². The van der Waals surface area contributed by atoms with Crippen molar-refractivity contribution < 1.29 is 9.59 Å². The first kappa shape index (κ1) is 21.1. The number of aromatic amines is 1. The Morgan fingerprint density at radius 3 is 2.66 bits per heavy atom. The molecule has 2 aromatic heterocycles. The van der Waals surface area contributed by atoms with Gasteiger partial charge in [-0.05, 0) is 44.9 Å². The minimum atomic E-state index is -0.444. The fraction of sp³-hybridized carbons (Fsp3) is 0.300. The zero-order chi connectivity index (χ0) is 21.1. The van der Waals surface area contributed by atoms with Crippen LogP contribution in [-0.2, 0) is 10.5 Å². The Morgan fingerprint density at radius 2 is 1.93 bits per heavy atom. The van der Waals surface area contributed by atoms with Crippen LogP contribution in [0.25, 0.3) is 10.2 Å². The van der Waals surface area contributed by atoms with Gasteiger partial charge in [-0.15, -0.1) is 23.1 Å². The maximum Gasteiger partial charge on any atom is 0.269 e. The highest BCUT2D eigenvalue weighted by Gasteiger charge is 2.17. The molecule has 2 amide bonds. The molecule has 0 saturated heterocycles. The third-order valence-corrected chi connectivity index (χ3v) is 6.87. The summed E-state index contributed by atoms with van der Waals surface area (Å²) in [6.07, 6.45) is 0. The topological polar surface area (TPSA) is 104 Å². The zero-order valence-corrected chi connectivity index (χ0v) is 18.2. The van der Waals surface area contributed by atoms with Gasteiger partial charge >= 0.3 is 0 Å². The molecule has 29 heavy (non-hydrogen) atoms. The lowest BCUT2D eigenvalue weighted by Crippen LogP contribution is -2.45. The molecule has 0 fully saturated rings. The number of thioether (sulfide) groups is 1. The van der Waals surface area contributed by atoms with E-state index in [-0.39, 0.29) is 17.4 Å². The van der Waals surface area contributed by atoms with Gasteiger partial charge in [0.15, 0.2) is 0 Å². The van der Waals surface area contributed by atoms with E-state index in [1.807, 2.05) is 32.9 Å². The van der Waals surface area contributed by atoms with E-state index < -0.39 is 5.25 Å². The number of carbonyl (C=O) groups is 2. The first-order chi connectivity index (χ1) is 13.8. The summed E-state index contributed by atoms with van der Waals surface area (Å²) in [4.78, 5) is 45.9. The normalized spacial score (nSPS) is 12.0. The van der Waals surface area contributed by atoms with Crippen LogP contribution >= 0.6 is 23.1 Å². The monoisotopic (exact) mass is 430 g/mol. The van der Waals surface area contributed by atoms with Gasteiger partial charge in [-0.1, -0.05) is 18.2 Å². The number of thiophene rings is 1. The summed E-state index contributed by atoms with van der Waals surface area (Å²) in [5.41, 5.74) is 7.01. The summed E-state index contributed by atoms with van der Waals surface area (Å²) in [5.74, 6) is 0.204. The van der Waals surface area contributed by atoms with Gasteiger partial charge in [0.1, 0.15) is 10.7 Å². The van der Waals surface area contributed by atoms with Gasteiger partial charge < -0.3 is 4.98 Å². The fourth-order valence-electron chi connectivity index (χ4n) is 2.76. The van der Waals surface area contributed by atoms with Crippen molar-refractivity contribution in [3.63, 3.8) is 0 Å². The maximum absolute atomic E-state index is 12.3. The quantitative estimate of drug-likeness (QED) is 0.540. The van der Waals surface area contributed by atoms with Crippen molar-refractivity contribution in [2.24, 2.45) is 0 Å². The Morgan fingerprint density at radius 1 is 1.21 bits per heavy atom. The van der Waals surface area contributed by atoms with Gasteiger partial charge in [0, 0.05) is 10.4 Å². The second kappa shape index (κ2) is 8.79. The number of H-pyrrole nitrogens is 1. The van der Waals surface area contributed by atoms with Crippen LogP contribution in [0.4, 0.5) is 0 Å². The largest absolute Gasteiger partial charge is 0.309 e. The van der Waals surface area contributed by atoms with Crippen molar-refractivity contribution >= 4 is 45.1 Å². The molecular weight excluding hydrogens is 408 g/mol. The van der Waals surface area contributed by atoms with Crippen LogP contribution in [0.1, 0.15) is 39.1 Å². The molecule has 0 aliphatic heterocycles. The van der Waals surface area contributed by atoms with Crippen molar-refractivity contribution in [2.45, 2.75) is 38.7 Å². The van der Waals surface area contributed by atoms with Crippen molar-refractivity contribution in [1.82, 2.24) is 20.8 Å².